The Labute approximate surface area is 87.0 Å². The van der Waals surface area contributed by atoms with Crippen molar-refractivity contribution in [2.24, 2.45) is 13.0 Å². The van der Waals surface area contributed by atoms with Gasteiger partial charge in [0.2, 0.25) is 0 Å². The van der Waals surface area contributed by atoms with E-state index in [9.17, 15) is 22.0 Å². The number of hydrogen-bond donors (Lipinski definition) is 0. The van der Waals surface area contributed by atoms with Crippen LogP contribution in [0.3, 0.4) is 0 Å². The number of alkyl halides is 5. The molecule has 88 valence electrons. The summed E-state index contributed by atoms with van der Waals surface area (Å²) >= 11 is 0. The summed E-state index contributed by atoms with van der Waals surface area (Å²) in [6.07, 6.45) is -4.52. The van der Waals surface area contributed by atoms with Crippen molar-refractivity contribution in [2.75, 3.05) is 0 Å². The molecular weight excluding hydrogens is 231 g/mol. The summed E-state index contributed by atoms with van der Waals surface area (Å²) in [5.74, 6) is -4.77. The molecule has 1 heterocycles. The first-order chi connectivity index (χ1) is 7.24. The van der Waals surface area contributed by atoms with Crippen molar-refractivity contribution in [3.63, 3.8) is 0 Å². The molecule has 0 aromatic carbocycles. The van der Waals surface area contributed by atoms with Crippen molar-refractivity contribution in [1.82, 2.24) is 9.78 Å². The molecule has 16 heavy (non-hydrogen) atoms. The second kappa shape index (κ2) is 2.41. The highest BCUT2D eigenvalue weighted by molar-refractivity contribution is 5.46. The van der Waals surface area contributed by atoms with Gasteiger partial charge in [0, 0.05) is 18.5 Å². The lowest BCUT2D eigenvalue weighted by atomic mass is 10.1. The van der Waals surface area contributed by atoms with E-state index in [2.05, 4.69) is 5.10 Å². The third-order valence-electron chi connectivity index (χ3n) is 3.29. The highest BCUT2D eigenvalue weighted by Crippen LogP contribution is 2.68. The van der Waals surface area contributed by atoms with Crippen LogP contribution in [0.5, 0.6) is 0 Å². The van der Waals surface area contributed by atoms with Crippen LogP contribution >= 0.6 is 0 Å². The van der Waals surface area contributed by atoms with Gasteiger partial charge in [-0.3, -0.25) is 4.68 Å². The molecule has 0 N–H and O–H groups in total. The summed E-state index contributed by atoms with van der Waals surface area (Å²) < 4.78 is 65.6. The van der Waals surface area contributed by atoms with Gasteiger partial charge in [-0.05, 0) is 12.3 Å². The molecule has 3 rings (SSSR count). The number of aromatic nitrogens is 2. The molecule has 0 radical (unpaired) electrons. The van der Waals surface area contributed by atoms with Crippen molar-refractivity contribution in [3.05, 3.63) is 17.0 Å². The summed E-state index contributed by atoms with van der Waals surface area (Å²) in [6, 6.07) is 0. The van der Waals surface area contributed by atoms with Crippen molar-refractivity contribution in [1.29, 1.82) is 0 Å². The van der Waals surface area contributed by atoms with Crippen molar-refractivity contribution in [3.8, 4) is 0 Å². The fourth-order valence-corrected chi connectivity index (χ4v) is 2.59. The lowest BCUT2D eigenvalue weighted by Gasteiger charge is -2.12. The highest BCUT2D eigenvalue weighted by atomic mass is 19.4. The van der Waals surface area contributed by atoms with E-state index in [0.717, 1.165) is 7.05 Å². The van der Waals surface area contributed by atoms with E-state index in [0.29, 0.717) is 4.68 Å². The first-order valence-electron chi connectivity index (χ1n) is 4.77. The fourth-order valence-electron chi connectivity index (χ4n) is 2.59. The van der Waals surface area contributed by atoms with Gasteiger partial charge < -0.3 is 0 Å². The van der Waals surface area contributed by atoms with E-state index in [-0.39, 0.29) is 12.0 Å². The molecule has 0 aliphatic heterocycles. The van der Waals surface area contributed by atoms with Gasteiger partial charge in [-0.25, -0.2) is 0 Å². The summed E-state index contributed by atoms with van der Waals surface area (Å²) in [7, 11) is 1.13. The van der Waals surface area contributed by atoms with E-state index < -0.39 is 35.3 Å². The zero-order valence-electron chi connectivity index (χ0n) is 8.15. The Balaban J connectivity index is 2.25. The van der Waals surface area contributed by atoms with Crippen molar-refractivity contribution in [2.45, 2.75) is 24.4 Å². The summed E-state index contributed by atoms with van der Waals surface area (Å²) in [6.45, 7) is 0. The SMILES string of the molecule is Cn1nc(C(F)(F)F)c2c1C(F)(F)C1C[C@H]21. The molecular formula is C9H7F5N2. The van der Waals surface area contributed by atoms with Gasteiger partial charge >= 0.3 is 6.18 Å². The molecule has 2 atom stereocenters. The predicted molar refractivity (Wildman–Crippen MR) is 43.0 cm³/mol. The second-order valence-electron chi connectivity index (χ2n) is 4.30. The molecule has 2 aliphatic carbocycles. The molecule has 1 unspecified atom stereocenters. The van der Waals surface area contributed by atoms with Gasteiger partial charge in [0.25, 0.3) is 5.92 Å². The van der Waals surface area contributed by atoms with Crippen LogP contribution in [0.4, 0.5) is 22.0 Å². The van der Waals surface area contributed by atoms with Gasteiger partial charge in [0.1, 0.15) is 5.69 Å². The van der Waals surface area contributed by atoms with Gasteiger partial charge in [-0.15, -0.1) is 0 Å². The predicted octanol–water partition coefficient (Wildman–Crippen LogP) is 2.65. The minimum absolute atomic E-state index is 0.134. The number of nitrogens with zero attached hydrogens (tertiary/aromatic N) is 2. The van der Waals surface area contributed by atoms with Gasteiger partial charge in [-0.1, -0.05) is 0 Å². The monoisotopic (exact) mass is 238 g/mol. The lowest BCUT2D eigenvalue weighted by molar-refractivity contribution is -0.142. The Hall–Kier alpha value is -1.14. The van der Waals surface area contributed by atoms with E-state index in [1.54, 1.807) is 0 Å². The maximum Gasteiger partial charge on any atom is 0.435 e. The van der Waals surface area contributed by atoms with Crippen LogP contribution in [-0.4, -0.2) is 9.78 Å². The van der Waals surface area contributed by atoms with Crippen LogP contribution in [-0.2, 0) is 19.1 Å². The number of fused-ring (bicyclic) bond motifs is 3. The molecule has 0 spiro atoms. The van der Waals surface area contributed by atoms with Gasteiger partial charge in [-0.2, -0.15) is 27.1 Å². The van der Waals surface area contributed by atoms with Crippen LogP contribution in [0.1, 0.15) is 29.3 Å². The zero-order valence-corrected chi connectivity index (χ0v) is 8.15. The van der Waals surface area contributed by atoms with Crippen LogP contribution in [0.25, 0.3) is 0 Å². The first-order valence-corrected chi connectivity index (χ1v) is 4.77. The van der Waals surface area contributed by atoms with E-state index in [4.69, 9.17) is 0 Å². The van der Waals surface area contributed by atoms with E-state index >= 15 is 0 Å². The summed E-state index contributed by atoms with van der Waals surface area (Å²) in [5.41, 5.74) is -1.99. The Bertz CT molecular complexity index is 473. The molecule has 1 fully saturated rings. The van der Waals surface area contributed by atoms with Crippen LogP contribution in [0.15, 0.2) is 0 Å². The average Bonchev–Trinajstić information content (AvgIpc) is 2.76. The normalized spacial score (nSPS) is 30.1. The lowest BCUT2D eigenvalue weighted by Crippen LogP contribution is -2.18. The molecule has 2 aliphatic rings. The standard InChI is InChI=1S/C9H7F5N2/c1-16-7-5(6(15-16)9(12,13)14)3-2-4(3)8(7,10)11/h3-4H,2H2,1H3/t3-,4?/m0/s1. The quantitative estimate of drug-likeness (QED) is 0.635. The average molecular weight is 238 g/mol. The Morgan fingerprint density at radius 2 is 2.00 bits per heavy atom. The smallest absolute Gasteiger partial charge is 0.266 e. The van der Waals surface area contributed by atoms with E-state index in [1.807, 2.05) is 0 Å². The summed E-state index contributed by atoms with van der Waals surface area (Å²) in [5, 5.41) is 3.19. The minimum Gasteiger partial charge on any atom is -0.266 e. The molecule has 1 aromatic rings. The van der Waals surface area contributed by atoms with Gasteiger partial charge in [0.05, 0.1) is 0 Å². The molecule has 1 saturated carbocycles. The number of hydrogen-bond acceptors (Lipinski definition) is 1. The molecule has 7 heteroatoms. The maximum atomic E-state index is 13.6. The molecule has 0 amide bonds. The Morgan fingerprint density at radius 1 is 1.38 bits per heavy atom. The maximum absolute atomic E-state index is 13.6. The third kappa shape index (κ3) is 0.985. The number of aryl methyl sites for hydroxylation is 1. The Morgan fingerprint density at radius 3 is 2.56 bits per heavy atom. The van der Waals surface area contributed by atoms with Crippen molar-refractivity contribution >= 4 is 0 Å². The van der Waals surface area contributed by atoms with Crippen LogP contribution in [0, 0.1) is 5.92 Å². The molecule has 1 aromatic heterocycles. The van der Waals surface area contributed by atoms with Crippen LogP contribution < -0.4 is 0 Å². The molecule has 0 bridgehead atoms. The third-order valence-corrected chi connectivity index (χ3v) is 3.29. The molecule has 0 saturated heterocycles. The zero-order chi connectivity index (χ0) is 11.9. The fraction of sp³-hybridized carbons (Fsp3) is 0.667. The van der Waals surface area contributed by atoms with Crippen molar-refractivity contribution < 1.29 is 22.0 Å². The summed E-state index contributed by atoms with van der Waals surface area (Å²) in [4.78, 5) is 0. The first kappa shape index (κ1) is 10.0. The topological polar surface area (TPSA) is 17.8 Å². The second-order valence-corrected chi connectivity index (χ2v) is 4.30. The largest absolute Gasteiger partial charge is 0.435 e. The minimum atomic E-state index is -4.65. The molecule has 2 nitrogen and oxygen atoms in total. The van der Waals surface area contributed by atoms with Gasteiger partial charge in [0.15, 0.2) is 5.69 Å². The highest BCUT2D eigenvalue weighted by Gasteiger charge is 2.68. The number of halogens is 5. The van der Waals surface area contributed by atoms with E-state index in [1.165, 1.54) is 0 Å². The number of rotatable bonds is 0. The Kier molecular flexibility index (Phi) is 1.51. The van der Waals surface area contributed by atoms with Crippen LogP contribution in [0.2, 0.25) is 0 Å².